The standard InChI is InChI=1S/C9H15.Y/c1-7-8-3-5-9(7,2)6-4-8;/h7H,3-6H2,1-2H3;/q-1;. The zero-order valence-electron chi connectivity index (χ0n) is 6.98. The second kappa shape index (κ2) is 2.86. The Morgan fingerprint density at radius 3 is 1.90 bits per heavy atom. The van der Waals surface area contributed by atoms with Crippen LogP contribution in [0.15, 0.2) is 0 Å². The fourth-order valence-electron chi connectivity index (χ4n) is 2.50. The van der Waals surface area contributed by atoms with Gasteiger partial charge in [0, 0.05) is 32.7 Å². The molecule has 2 saturated carbocycles. The van der Waals surface area contributed by atoms with Crippen LogP contribution in [0.3, 0.4) is 0 Å². The summed E-state index contributed by atoms with van der Waals surface area (Å²) < 4.78 is 0. The zero-order chi connectivity index (χ0) is 6.48. The Morgan fingerprint density at radius 1 is 1.30 bits per heavy atom. The number of fused-ring (bicyclic) bond motifs is 2. The van der Waals surface area contributed by atoms with Crippen molar-refractivity contribution in [1.29, 1.82) is 0 Å². The summed E-state index contributed by atoms with van der Waals surface area (Å²) in [6.07, 6.45) is 5.84. The van der Waals surface area contributed by atoms with E-state index in [2.05, 4.69) is 13.8 Å². The van der Waals surface area contributed by atoms with Crippen LogP contribution in [0, 0.1) is 17.3 Å². The maximum atomic E-state index is 2.46. The van der Waals surface area contributed by atoms with Crippen molar-refractivity contribution in [2.24, 2.45) is 11.3 Å². The SMILES string of the molecule is CC1[C-]2CCC1(C)CC2.[Y]. The Morgan fingerprint density at radius 2 is 1.80 bits per heavy atom. The molecule has 0 nitrogen and oxygen atoms in total. The molecule has 55 valence electrons. The van der Waals surface area contributed by atoms with Gasteiger partial charge in [-0.3, -0.25) is 0 Å². The van der Waals surface area contributed by atoms with Gasteiger partial charge in [-0.2, -0.15) is 18.8 Å². The molecule has 1 radical (unpaired) electrons. The van der Waals surface area contributed by atoms with Gasteiger partial charge in [-0.15, -0.1) is 0 Å². The molecule has 1 unspecified atom stereocenters. The smallest absolute Gasteiger partial charge is 0 e. The summed E-state index contributed by atoms with van der Waals surface area (Å²) in [5, 5.41) is 0. The molecule has 2 aliphatic carbocycles. The third-order valence-electron chi connectivity index (χ3n) is 3.69. The quantitative estimate of drug-likeness (QED) is 0.541. The molecule has 2 bridgehead atoms. The van der Waals surface area contributed by atoms with E-state index in [1.165, 1.54) is 25.7 Å². The van der Waals surface area contributed by atoms with Crippen LogP contribution in [-0.4, -0.2) is 0 Å². The molecule has 2 aliphatic rings. The van der Waals surface area contributed by atoms with E-state index in [1.807, 2.05) is 5.92 Å². The van der Waals surface area contributed by atoms with Crippen molar-refractivity contribution in [3.8, 4) is 0 Å². The molecule has 1 heteroatoms. The van der Waals surface area contributed by atoms with Gasteiger partial charge in [0.15, 0.2) is 0 Å². The predicted molar refractivity (Wildman–Crippen MR) is 39.0 cm³/mol. The summed E-state index contributed by atoms with van der Waals surface area (Å²) in [5.74, 6) is 2.81. The minimum absolute atomic E-state index is 0. The van der Waals surface area contributed by atoms with Gasteiger partial charge >= 0.3 is 0 Å². The number of rotatable bonds is 0. The van der Waals surface area contributed by atoms with Gasteiger partial charge in [0.25, 0.3) is 0 Å². The number of hydrogen-bond donors (Lipinski definition) is 0. The van der Waals surface area contributed by atoms with Gasteiger partial charge < -0.3 is 5.92 Å². The van der Waals surface area contributed by atoms with Crippen LogP contribution < -0.4 is 0 Å². The van der Waals surface area contributed by atoms with Crippen LogP contribution in [0.4, 0.5) is 0 Å². The molecule has 1 atom stereocenters. The summed E-state index contributed by atoms with van der Waals surface area (Å²) in [5.41, 5.74) is 0.731. The first kappa shape index (κ1) is 9.19. The van der Waals surface area contributed by atoms with Crippen molar-refractivity contribution in [3.05, 3.63) is 5.92 Å². The Kier molecular flexibility index (Phi) is 2.63. The second-order valence-corrected chi connectivity index (χ2v) is 4.03. The van der Waals surface area contributed by atoms with E-state index in [0.717, 1.165) is 11.3 Å². The average molecular weight is 212 g/mol. The molecule has 0 aliphatic heterocycles. The van der Waals surface area contributed by atoms with Crippen molar-refractivity contribution in [2.75, 3.05) is 0 Å². The normalized spacial score (nSPS) is 45.6. The third kappa shape index (κ3) is 1.12. The van der Waals surface area contributed by atoms with Crippen molar-refractivity contribution in [2.45, 2.75) is 39.5 Å². The van der Waals surface area contributed by atoms with Gasteiger partial charge in [-0.1, -0.05) is 32.1 Å². The van der Waals surface area contributed by atoms with Crippen molar-refractivity contribution >= 4 is 0 Å². The van der Waals surface area contributed by atoms with Gasteiger partial charge in [-0.25, -0.2) is 0 Å². The molecule has 0 aromatic heterocycles. The maximum Gasteiger partial charge on any atom is 0 e. The molecule has 0 aromatic carbocycles. The van der Waals surface area contributed by atoms with Gasteiger partial charge in [0.2, 0.25) is 0 Å². The van der Waals surface area contributed by atoms with E-state index in [-0.39, 0.29) is 32.7 Å². The Labute approximate surface area is 89.0 Å². The summed E-state index contributed by atoms with van der Waals surface area (Å²) in [4.78, 5) is 0. The first-order chi connectivity index (χ1) is 4.22. The van der Waals surface area contributed by atoms with Crippen LogP contribution in [0.5, 0.6) is 0 Å². The fraction of sp³-hybridized carbons (Fsp3) is 0.889. The Bertz CT molecular complexity index is 123. The van der Waals surface area contributed by atoms with E-state index in [9.17, 15) is 0 Å². The van der Waals surface area contributed by atoms with Crippen LogP contribution in [-0.2, 0) is 32.7 Å². The minimum atomic E-state index is 0. The molecule has 0 amide bonds. The van der Waals surface area contributed by atoms with Gasteiger partial charge in [0.05, 0.1) is 0 Å². The van der Waals surface area contributed by atoms with Crippen LogP contribution >= 0.6 is 0 Å². The molecule has 2 fully saturated rings. The largest absolute Gasteiger partial charge is 0.310 e. The van der Waals surface area contributed by atoms with Crippen LogP contribution in [0.2, 0.25) is 0 Å². The Balaban J connectivity index is 0.000000500. The molecular formula is C9H15Y-. The third-order valence-corrected chi connectivity index (χ3v) is 3.69. The van der Waals surface area contributed by atoms with Crippen molar-refractivity contribution in [1.82, 2.24) is 0 Å². The van der Waals surface area contributed by atoms with Crippen LogP contribution in [0.25, 0.3) is 0 Å². The predicted octanol–water partition coefficient (Wildman–Crippen LogP) is 2.79. The molecule has 0 aromatic rings. The molecular weight excluding hydrogens is 197 g/mol. The molecule has 0 saturated heterocycles. The van der Waals surface area contributed by atoms with Crippen LogP contribution in [0.1, 0.15) is 39.5 Å². The summed E-state index contributed by atoms with van der Waals surface area (Å²) in [7, 11) is 0. The van der Waals surface area contributed by atoms with E-state index >= 15 is 0 Å². The molecule has 0 spiro atoms. The molecule has 2 rings (SSSR count). The molecule has 10 heavy (non-hydrogen) atoms. The zero-order valence-corrected chi connectivity index (χ0v) is 9.82. The van der Waals surface area contributed by atoms with Gasteiger partial charge in [-0.05, 0) is 0 Å². The van der Waals surface area contributed by atoms with E-state index in [0.29, 0.717) is 0 Å². The minimum Gasteiger partial charge on any atom is -0.310 e. The second-order valence-electron chi connectivity index (χ2n) is 4.03. The van der Waals surface area contributed by atoms with E-state index in [1.54, 1.807) is 0 Å². The van der Waals surface area contributed by atoms with Crippen molar-refractivity contribution in [3.63, 3.8) is 0 Å². The summed E-state index contributed by atoms with van der Waals surface area (Å²) in [6.45, 7) is 4.87. The Hall–Kier alpha value is 1.10. The topological polar surface area (TPSA) is 0 Å². The molecule has 0 N–H and O–H groups in total. The average Bonchev–Trinajstić information content (AvgIpc) is 2.24. The van der Waals surface area contributed by atoms with Gasteiger partial charge in [0.1, 0.15) is 0 Å². The first-order valence-corrected chi connectivity index (χ1v) is 4.07. The van der Waals surface area contributed by atoms with E-state index < -0.39 is 0 Å². The van der Waals surface area contributed by atoms with Crippen molar-refractivity contribution < 1.29 is 32.7 Å². The first-order valence-electron chi connectivity index (χ1n) is 4.07. The fourth-order valence-corrected chi connectivity index (χ4v) is 2.50. The summed E-state index contributed by atoms with van der Waals surface area (Å²) in [6, 6.07) is 0. The monoisotopic (exact) mass is 212 g/mol. The maximum absolute atomic E-state index is 2.46. The van der Waals surface area contributed by atoms with E-state index in [4.69, 9.17) is 0 Å². The molecule has 0 heterocycles. The number of hydrogen-bond acceptors (Lipinski definition) is 0. The summed E-state index contributed by atoms with van der Waals surface area (Å²) >= 11 is 0.